The Bertz CT molecular complexity index is 480. The number of carboxylic acids is 1. The van der Waals surface area contributed by atoms with Crippen molar-refractivity contribution in [2.75, 3.05) is 11.5 Å². The van der Waals surface area contributed by atoms with E-state index in [1.807, 2.05) is 0 Å². The second-order valence-electron chi connectivity index (χ2n) is 3.80. The first-order valence-electron chi connectivity index (χ1n) is 5.17. The number of aryl methyl sites for hydroxylation is 1. The molecule has 1 heterocycles. The molecule has 1 unspecified atom stereocenters. The molecule has 0 aliphatic rings. The van der Waals surface area contributed by atoms with Crippen LogP contribution in [0.5, 0.6) is 0 Å². The normalized spacial score (nSPS) is 11.9. The predicted octanol–water partition coefficient (Wildman–Crippen LogP) is -0.364. The number of Topliss-reactive ketones (excluding diaryl/α,β-unsaturated/α-hetero) is 1. The molecule has 1 amide bonds. The average molecular weight is 254 g/mol. The second-order valence-corrected chi connectivity index (χ2v) is 3.80. The molecule has 0 radical (unpaired) electrons. The van der Waals surface area contributed by atoms with Gasteiger partial charge in [-0.2, -0.15) is 0 Å². The molecule has 2 N–H and O–H groups in total. The van der Waals surface area contributed by atoms with Gasteiger partial charge in [-0.15, -0.1) is 0 Å². The number of nitrogens with zero attached hydrogens (tertiary/aromatic N) is 2. The molecular weight excluding hydrogens is 240 g/mol. The molecule has 0 aromatic carbocycles. The van der Waals surface area contributed by atoms with Gasteiger partial charge in [-0.05, 0) is 13.0 Å². The highest BCUT2D eigenvalue weighted by molar-refractivity contribution is 5.96. The predicted molar refractivity (Wildman–Crippen MR) is 62.5 cm³/mol. The minimum Gasteiger partial charge on any atom is -0.480 e. The third kappa shape index (κ3) is 2.57. The zero-order chi connectivity index (χ0) is 13.9. The molecule has 0 saturated carbocycles. The van der Waals surface area contributed by atoms with Crippen LogP contribution >= 0.6 is 0 Å². The molecule has 0 aliphatic heterocycles. The average Bonchev–Trinajstić information content (AvgIpc) is 2.67. The lowest BCUT2D eigenvalue weighted by atomic mass is 10.2. The van der Waals surface area contributed by atoms with Crippen molar-refractivity contribution in [3.8, 4) is 0 Å². The maximum Gasteiger partial charge on any atom is 0.329 e. The summed E-state index contributed by atoms with van der Waals surface area (Å²) >= 11 is 0. The molecule has 1 atom stereocenters. The Morgan fingerprint density at radius 1 is 1.56 bits per heavy atom. The first-order chi connectivity index (χ1) is 8.42. The maximum absolute atomic E-state index is 11.2. The lowest BCUT2D eigenvalue weighted by Crippen LogP contribution is -2.44. The van der Waals surface area contributed by atoms with E-state index in [2.05, 4.69) is 0 Å². The van der Waals surface area contributed by atoms with Crippen LogP contribution in [-0.4, -0.2) is 45.6 Å². The van der Waals surface area contributed by atoms with Crippen LogP contribution in [0.25, 0.3) is 0 Å². The highest BCUT2D eigenvalue weighted by Crippen LogP contribution is 2.19. The number of ketones is 1. The lowest BCUT2D eigenvalue weighted by molar-refractivity contribution is -0.140. The van der Waals surface area contributed by atoms with Crippen molar-refractivity contribution >= 4 is 24.0 Å². The summed E-state index contributed by atoms with van der Waals surface area (Å²) in [5.41, 5.74) is 0.362. The molecule has 18 heavy (non-hydrogen) atoms. The molecule has 1 aromatic rings. The van der Waals surface area contributed by atoms with Gasteiger partial charge >= 0.3 is 5.97 Å². The molecule has 1 rings (SSSR count). The Morgan fingerprint density at radius 3 is 2.50 bits per heavy atom. The van der Waals surface area contributed by atoms with Gasteiger partial charge in [0.2, 0.25) is 6.41 Å². The van der Waals surface area contributed by atoms with Crippen LogP contribution in [0.15, 0.2) is 12.3 Å². The zero-order valence-electron chi connectivity index (χ0n) is 10.0. The lowest BCUT2D eigenvalue weighted by Gasteiger charge is -2.23. The molecule has 0 fully saturated rings. The summed E-state index contributed by atoms with van der Waals surface area (Å²) in [5, 5.41) is 17.9. The van der Waals surface area contributed by atoms with Gasteiger partial charge in [0.05, 0.1) is 6.61 Å². The Kier molecular flexibility index (Phi) is 4.22. The molecule has 0 saturated heterocycles. The monoisotopic (exact) mass is 254 g/mol. The molecule has 98 valence electrons. The fourth-order valence-electron chi connectivity index (χ4n) is 1.57. The number of carboxylic acid groups (broad SMARTS) is 1. The molecule has 0 aliphatic carbocycles. The molecule has 0 bridgehead atoms. The summed E-state index contributed by atoms with van der Waals surface area (Å²) in [5.74, 6) is -1.29. The standard InChI is InChI=1S/C11H14N2O5/c1-7(16)8-3-10(12(2)4-8)13(6-15)9(5-14)11(17)18/h3-4,6,9,14H,5H2,1-2H3,(H,17,18). The number of anilines is 1. The van der Waals surface area contributed by atoms with E-state index < -0.39 is 18.6 Å². The van der Waals surface area contributed by atoms with Gasteiger partial charge in [0.15, 0.2) is 11.8 Å². The topological polar surface area (TPSA) is 99.8 Å². The molecule has 7 heteroatoms. The zero-order valence-corrected chi connectivity index (χ0v) is 10.0. The van der Waals surface area contributed by atoms with E-state index in [0.717, 1.165) is 4.90 Å². The first-order valence-corrected chi connectivity index (χ1v) is 5.17. The van der Waals surface area contributed by atoms with Crippen molar-refractivity contribution in [1.82, 2.24) is 4.57 Å². The number of aliphatic carboxylic acids is 1. The van der Waals surface area contributed by atoms with E-state index in [4.69, 9.17) is 10.2 Å². The molecule has 7 nitrogen and oxygen atoms in total. The van der Waals surface area contributed by atoms with Gasteiger partial charge in [0.1, 0.15) is 5.82 Å². The van der Waals surface area contributed by atoms with E-state index in [-0.39, 0.29) is 11.6 Å². The van der Waals surface area contributed by atoms with Gasteiger partial charge in [0.25, 0.3) is 0 Å². The summed E-state index contributed by atoms with van der Waals surface area (Å²) < 4.78 is 1.46. The largest absolute Gasteiger partial charge is 0.480 e. The third-order valence-corrected chi connectivity index (χ3v) is 2.56. The fraction of sp³-hybridized carbons (Fsp3) is 0.364. The highest BCUT2D eigenvalue weighted by atomic mass is 16.4. The number of aromatic nitrogens is 1. The van der Waals surface area contributed by atoms with E-state index in [0.29, 0.717) is 12.0 Å². The van der Waals surface area contributed by atoms with Gasteiger partial charge < -0.3 is 14.8 Å². The van der Waals surface area contributed by atoms with Crippen molar-refractivity contribution < 1.29 is 24.6 Å². The maximum atomic E-state index is 11.2. The summed E-state index contributed by atoms with van der Waals surface area (Å²) in [7, 11) is 1.58. The van der Waals surface area contributed by atoms with Crippen LogP contribution in [0, 0.1) is 0 Å². The smallest absolute Gasteiger partial charge is 0.329 e. The van der Waals surface area contributed by atoms with E-state index >= 15 is 0 Å². The van der Waals surface area contributed by atoms with Gasteiger partial charge in [-0.25, -0.2) is 4.79 Å². The summed E-state index contributed by atoms with van der Waals surface area (Å²) in [6.45, 7) is 0.653. The number of hydrogen-bond donors (Lipinski definition) is 2. The van der Waals surface area contributed by atoms with Crippen molar-refractivity contribution in [3.63, 3.8) is 0 Å². The number of aliphatic hydroxyl groups is 1. The summed E-state index contributed by atoms with van der Waals surface area (Å²) in [4.78, 5) is 34.0. The Morgan fingerprint density at radius 2 is 2.17 bits per heavy atom. The summed E-state index contributed by atoms with van der Waals surface area (Å²) in [6, 6.07) is 0.0263. The minimum atomic E-state index is -1.38. The van der Waals surface area contributed by atoms with Crippen LogP contribution in [0.3, 0.4) is 0 Å². The molecule has 0 spiro atoms. The van der Waals surface area contributed by atoms with Crippen LogP contribution in [0.1, 0.15) is 17.3 Å². The number of rotatable bonds is 6. The third-order valence-electron chi connectivity index (χ3n) is 2.56. The Hall–Kier alpha value is -2.15. The van der Waals surface area contributed by atoms with Crippen molar-refractivity contribution in [1.29, 1.82) is 0 Å². The summed E-state index contributed by atoms with van der Waals surface area (Å²) in [6.07, 6.45) is 1.80. The Labute approximate surface area is 103 Å². The van der Waals surface area contributed by atoms with Crippen molar-refractivity contribution in [3.05, 3.63) is 17.8 Å². The van der Waals surface area contributed by atoms with E-state index in [1.54, 1.807) is 7.05 Å². The second kappa shape index (κ2) is 5.46. The Balaban J connectivity index is 3.20. The SMILES string of the molecule is CC(=O)c1cc(N(C=O)C(CO)C(=O)O)n(C)c1. The number of carbonyl (C=O) groups excluding carboxylic acids is 2. The van der Waals surface area contributed by atoms with Gasteiger partial charge in [-0.1, -0.05) is 0 Å². The number of carbonyl (C=O) groups is 3. The van der Waals surface area contributed by atoms with Crippen molar-refractivity contribution in [2.45, 2.75) is 13.0 Å². The quantitative estimate of drug-likeness (QED) is 0.533. The first kappa shape index (κ1) is 13.9. The van der Waals surface area contributed by atoms with Crippen LogP contribution in [0.4, 0.5) is 5.82 Å². The molecule has 1 aromatic heterocycles. The molecular formula is C11H14N2O5. The van der Waals surface area contributed by atoms with Crippen LogP contribution in [0.2, 0.25) is 0 Å². The van der Waals surface area contributed by atoms with Gasteiger partial charge in [0, 0.05) is 18.8 Å². The van der Waals surface area contributed by atoms with Crippen molar-refractivity contribution in [2.24, 2.45) is 7.05 Å². The van der Waals surface area contributed by atoms with Crippen LogP contribution < -0.4 is 4.90 Å². The highest BCUT2D eigenvalue weighted by Gasteiger charge is 2.27. The van der Waals surface area contributed by atoms with Gasteiger partial charge in [-0.3, -0.25) is 14.5 Å². The van der Waals surface area contributed by atoms with E-state index in [9.17, 15) is 14.4 Å². The van der Waals surface area contributed by atoms with Crippen LogP contribution in [-0.2, 0) is 16.6 Å². The number of amides is 1. The number of hydrogen-bond acceptors (Lipinski definition) is 4. The minimum absolute atomic E-state index is 0.196. The number of aliphatic hydroxyl groups excluding tert-OH is 1. The van der Waals surface area contributed by atoms with E-state index in [1.165, 1.54) is 23.8 Å². The fourth-order valence-corrected chi connectivity index (χ4v) is 1.57.